The summed E-state index contributed by atoms with van der Waals surface area (Å²) in [6.45, 7) is 6.24. The van der Waals surface area contributed by atoms with Crippen LogP contribution in [0.5, 0.6) is 0 Å². The van der Waals surface area contributed by atoms with Crippen molar-refractivity contribution < 1.29 is 0 Å². The third kappa shape index (κ3) is 2.89. The standard InChI is InChI=1S/C27H25N7/c1-18(19-7-3-2-4-8-19)23-22-24(31-30-23)29-26(34-17-28-32-25(22)34)33-13-11-27(12-14-33)15-20-9-5-6-10-21(20)16-27/h2-10,17H,1,11-16H2,(H,30,31). The van der Waals surface area contributed by atoms with E-state index in [2.05, 4.69) is 56.1 Å². The summed E-state index contributed by atoms with van der Waals surface area (Å²) >= 11 is 0. The number of hydrogen-bond donors (Lipinski definition) is 1. The predicted octanol–water partition coefficient (Wildman–Crippen LogP) is 4.45. The van der Waals surface area contributed by atoms with E-state index in [4.69, 9.17) is 4.98 Å². The highest BCUT2D eigenvalue weighted by Crippen LogP contribution is 2.45. The zero-order chi connectivity index (χ0) is 22.7. The van der Waals surface area contributed by atoms with Crippen LogP contribution in [0.2, 0.25) is 0 Å². The molecule has 0 bridgehead atoms. The predicted molar refractivity (Wildman–Crippen MR) is 133 cm³/mol. The minimum absolute atomic E-state index is 0.378. The van der Waals surface area contributed by atoms with Gasteiger partial charge in [-0.3, -0.25) is 9.50 Å². The van der Waals surface area contributed by atoms with Gasteiger partial charge in [0, 0.05) is 18.7 Å². The summed E-state index contributed by atoms with van der Waals surface area (Å²) in [5.74, 6) is 0.862. The number of aromatic amines is 1. The maximum atomic E-state index is 4.98. The van der Waals surface area contributed by atoms with Gasteiger partial charge in [-0.25, -0.2) is 0 Å². The number of H-pyrrole nitrogens is 1. The summed E-state index contributed by atoms with van der Waals surface area (Å²) in [4.78, 5) is 7.34. The molecule has 1 aliphatic heterocycles. The van der Waals surface area contributed by atoms with Crippen LogP contribution in [0.15, 0.2) is 67.5 Å². The maximum Gasteiger partial charge on any atom is 0.214 e. The Bertz CT molecular complexity index is 1510. The quantitative estimate of drug-likeness (QED) is 0.442. The summed E-state index contributed by atoms with van der Waals surface area (Å²) < 4.78 is 2.00. The van der Waals surface area contributed by atoms with E-state index in [-0.39, 0.29) is 0 Å². The Kier molecular flexibility index (Phi) is 4.15. The van der Waals surface area contributed by atoms with Crippen molar-refractivity contribution in [2.75, 3.05) is 18.0 Å². The van der Waals surface area contributed by atoms with E-state index in [9.17, 15) is 0 Å². The SMILES string of the molecule is C=C(c1ccccc1)c1[nH]nc2nc(N3CCC4(CC3)Cc3ccccc3C4)n3cnnc3c12. The molecule has 2 aromatic carbocycles. The Labute approximate surface area is 197 Å². The Morgan fingerprint density at radius 3 is 2.38 bits per heavy atom. The van der Waals surface area contributed by atoms with Gasteiger partial charge in [-0.2, -0.15) is 10.1 Å². The highest BCUT2D eigenvalue weighted by molar-refractivity contribution is 6.00. The van der Waals surface area contributed by atoms with Crippen molar-refractivity contribution in [2.24, 2.45) is 5.41 Å². The van der Waals surface area contributed by atoms with Crippen LogP contribution < -0.4 is 4.90 Å². The molecular formula is C27H25N7. The smallest absolute Gasteiger partial charge is 0.214 e. The van der Waals surface area contributed by atoms with Crippen LogP contribution in [0.3, 0.4) is 0 Å². The highest BCUT2D eigenvalue weighted by Gasteiger charge is 2.40. The molecule has 4 heterocycles. The molecule has 0 radical (unpaired) electrons. The molecule has 168 valence electrons. The molecule has 0 saturated carbocycles. The topological polar surface area (TPSA) is 75.0 Å². The normalized spacial score (nSPS) is 17.0. The van der Waals surface area contributed by atoms with E-state index in [1.165, 1.54) is 24.0 Å². The van der Waals surface area contributed by atoms with Gasteiger partial charge in [-0.05, 0) is 47.8 Å². The van der Waals surface area contributed by atoms with Gasteiger partial charge >= 0.3 is 0 Å². The minimum Gasteiger partial charge on any atom is -0.342 e. The lowest BCUT2D eigenvalue weighted by atomic mass is 9.76. The third-order valence-electron chi connectivity index (χ3n) is 7.72. The fraction of sp³-hybridized carbons (Fsp3) is 0.259. The van der Waals surface area contributed by atoms with Crippen molar-refractivity contribution in [1.82, 2.24) is 29.8 Å². The Hall–Kier alpha value is -4.00. The molecule has 1 aliphatic carbocycles. The molecule has 1 saturated heterocycles. The molecule has 5 aromatic rings. The fourth-order valence-corrected chi connectivity index (χ4v) is 5.86. The lowest BCUT2D eigenvalue weighted by Gasteiger charge is -2.39. The number of fused-ring (bicyclic) bond motifs is 4. The van der Waals surface area contributed by atoms with Gasteiger partial charge in [-0.1, -0.05) is 61.2 Å². The van der Waals surface area contributed by atoms with E-state index >= 15 is 0 Å². The van der Waals surface area contributed by atoms with Gasteiger partial charge in [0.15, 0.2) is 11.3 Å². The van der Waals surface area contributed by atoms with Crippen LogP contribution in [0.4, 0.5) is 5.95 Å². The van der Waals surface area contributed by atoms with E-state index in [0.717, 1.165) is 59.7 Å². The second kappa shape index (κ2) is 7.25. The minimum atomic E-state index is 0.378. The molecular weight excluding hydrogens is 422 g/mol. The van der Waals surface area contributed by atoms with Crippen molar-refractivity contribution in [3.05, 3.63) is 89.9 Å². The number of anilines is 1. The number of hydrogen-bond acceptors (Lipinski definition) is 5. The van der Waals surface area contributed by atoms with Crippen molar-refractivity contribution >= 4 is 28.2 Å². The van der Waals surface area contributed by atoms with Crippen LogP contribution in [0, 0.1) is 5.41 Å². The second-order valence-corrected chi connectivity index (χ2v) is 9.69. The van der Waals surface area contributed by atoms with Crippen LogP contribution in [-0.4, -0.2) is 42.9 Å². The third-order valence-corrected chi connectivity index (χ3v) is 7.72. The molecule has 2 aliphatic rings. The van der Waals surface area contributed by atoms with E-state index in [0.29, 0.717) is 11.1 Å². The number of rotatable bonds is 3. The molecule has 1 fully saturated rings. The Balaban J connectivity index is 1.22. The second-order valence-electron chi connectivity index (χ2n) is 9.69. The molecule has 0 atom stereocenters. The Morgan fingerprint density at radius 2 is 1.65 bits per heavy atom. The van der Waals surface area contributed by atoms with E-state index in [1.54, 1.807) is 6.33 Å². The molecule has 0 unspecified atom stereocenters. The maximum absolute atomic E-state index is 4.98. The van der Waals surface area contributed by atoms with Gasteiger partial charge in [0.05, 0.1) is 11.1 Å². The zero-order valence-corrected chi connectivity index (χ0v) is 18.9. The Morgan fingerprint density at radius 1 is 0.941 bits per heavy atom. The molecule has 7 nitrogen and oxygen atoms in total. The van der Waals surface area contributed by atoms with E-state index < -0.39 is 0 Å². The monoisotopic (exact) mass is 447 g/mol. The average Bonchev–Trinajstić information content (AvgIpc) is 3.60. The number of benzene rings is 2. The number of aromatic nitrogens is 6. The van der Waals surface area contributed by atoms with Gasteiger partial charge in [0.1, 0.15) is 6.33 Å². The summed E-state index contributed by atoms with van der Waals surface area (Å²) in [6, 6.07) is 19.0. The van der Waals surface area contributed by atoms with Crippen molar-refractivity contribution in [3.63, 3.8) is 0 Å². The van der Waals surface area contributed by atoms with Gasteiger partial charge in [0.25, 0.3) is 0 Å². The average molecular weight is 448 g/mol. The molecule has 7 heteroatoms. The first-order chi connectivity index (χ1) is 16.7. The summed E-state index contributed by atoms with van der Waals surface area (Å²) in [6.07, 6.45) is 6.45. The number of nitrogens with one attached hydrogen (secondary N) is 1. The lowest BCUT2D eigenvalue weighted by molar-refractivity contribution is 0.231. The highest BCUT2D eigenvalue weighted by atomic mass is 15.4. The number of piperidine rings is 1. The van der Waals surface area contributed by atoms with Crippen LogP contribution in [-0.2, 0) is 12.8 Å². The van der Waals surface area contributed by atoms with Crippen molar-refractivity contribution in [3.8, 4) is 0 Å². The molecule has 0 amide bonds. The molecule has 3 aromatic heterocycles. The zero-order valence-electron chi connectivity index (χ0n) is 18.9. The van der Waals surface area contributed by atoms with Crippen LogP contribution in [0.25, 0.3) is 22.3 Å². The van der Waals surface area contributed by atoms with Crippen molar-refractivity contribution in [1.29, 1.82) is 0 Å². The summed E-state index contributed by atoms with van der Waals surface area (Å²) in [5.41, 5.74) is 7.57. The van der Waals surface area contributed by atoms with Gasteiger partial charge in [0.2, 0.25) is 5.95 Å². The first-order valence-corrected chi connectivity index (χ1v) is 11.9. The molecule has 1 spiro atoms. The first-order valence-electron chi connectivity index (χ1n) is 11.9. The fourth-order valence-electron chi connectivity index (χ4n) is 5.86. The molecule has 1 N–H and O–H groups in total. The number of nitrogens with zero attached hydrogens (tertiary/aromatic N) is 6. The molecule has 34 heavy (non-hydrogen) atoms. The van der Waals surface area contributed by atoms with Gasteiger partial charge in [-0.15, -0.1) is 10.2 Å². The summed E-state index contributed by atoms with van der Waals surface area (Å²) in [5, 5.41) is 17.2. The first kappa shape index (κ1) is 19.5. The van der Waals surface area contributed by atoms with Crippen LogP contribution in [0.1, 0.15) is 35.2 Å². The largest absolute Gasteiger partial charge is 0.342 e. The summed E-state index contributed by atoms with van der Waals surface area (Å²) in [7, 11) is 0. The van der Waals surface area contributed by atoms with E-state index in [1.807, 2.05) is 34.7 Å². The molecule has 7 rings (SSSR count). The van der Waals surface area contributed by atoms with Crippen molar-refractivity contribution in [2.45, 2.75) is 25.7 Å². The van der Waals surface area contributed by atoms with Gasteiger partial charge < -0.3 is 4.90 Å². The van der Waals surface area contributed by atoms with Crippen LogP contribution >= 0.6 is 0 Å². The lowest BCUT2D eigenvalue weighted by Crippen LogP contribution is -2.41.